The number of amides is 1. The summed E-state index contributed by atoms with van der Waals surface area (Å²) in [6.07, 6.45) is 1.77. The summed E-state index contributed by atoms with van der Waals surface area (Å²) in [7, 11) is 1.85. The van der Waals surface area contributed by atoms with Crippen molar-refractivity contribution in [1.29, 1.82) is 0 Å². The molecule has 1 amide bonds. The van der Waals surface area contributed by atoms with Gasteiger partial charge >= 0.3 is 0 Å². The van der Waals surface area contributed by atoms with Gasteiger partial charge in [-0.3, -0.25) is 4.79 Å². The fraction of sp³-hybridized carbons (Fsp3) is 0.269. The maximum atomic E-state index is 12.6. The van der Waals surface area contributed by atoms with Crippen molar-refractivity contribution in [2.45, 2.75) is 32.7 Å². The number of hydrogen-bond acceptors (Lipinski definition) is 3. The highest BCUT2D eigenvalue weighted by Gasteiger charge is 2.15. The summed E-state index contributed by atoms with van der Waals surface area (Å²) < 4.78 is 6.18. The molecule has 0 saturated heterocycles. The van der Waals surface area contributed by atoms with Gasteiger partial charge in [0.1, 0.15) is 5.75 Å². The maximum Gasteiger partial charge on any atom is 0.253 e. The number of halogens is 1. The molecule has 0 aliphatic rings. The molecule has 162 valence electrons. The molecule has 4 nitrogen and oxygen atoms in total. The van der Waals surface area contributed by atoms with Gasteiger partial charge in [-0.05, 0) is 67.8 Å². The Kier molecular flexibility index (Phi) is 7.96. The summed E-state index contributed by atoms with van der Waals surface area (Å²) in [6, 6.07) is 23.1. The first-order valence-corrected chi connectivity index (χ1v) is 11.0. The standard InChI is InChI=1S/C26H29ClN2O2/c1-4-22(16-17-29(3)26(30)20-10-6-5-7-11-20)28-23-12-8-9-13-25(23)31-24-15-14-21(27)18-19(24)2/h5-15,18,22,28H,4,16-17H2,1-3H3. The summed E-state index contributed by atoms with van der Waals surface area (Å²) in [5, 5.41) is 4.28. The number of hydrogen-bond donors (Lipinski definition) is 1. The van der Waals surface area contributed by atoms with E-state index in [2.05, 4.69) is 12.2 Å². The lowest BCUT2D eigenvalue weighted by Crippen LogP contribution is -2.31. The third-order valence-electron chi connectivity index (χ3n) is 5.28. The van der Waals surface area contributed by atoms with Gasteiger partial charge in [-0.1, -0.05) is 48.9 Å². The van der Waals surface area contributed by atoms with Gasteiger partial charge in [-0.15, -0.1) is 0 Å². The van der Waals surface area contributed by atoms with Crippen LogP contribution in [0.3, 0.4) is 0 Å². The number of carbonyl (C=O) groups excluding carboxylic acids is 1. The number of rotatable bonds is 9. The molecule has 0 heterocycles. The molecule has 1 atom stereocenters. The van der Waals surface area contributed by atoms with Crippen LogP contribution in [0.15, 0.2) is 72.8 Å². The van der Waals surface area contributed by atoms with E-state index in [0.29, 0.717) is 17.1 Å². The van der Waals surface area contributed by atoms with Gasteiger partial charge in [0.15, 0.2) is 5.75 Å². The molecule has 0 radical (unpaired) electrons. The zero-order chi connectivity index (χ0) is 22.2. The topological polar surface area (TPSA) is 41.6 Å². The molecule has 0 aliphatic carbocycles. The van der Waals surface area contributed by atoms with Crippen LogP contribution in [0, 0.1) is 6.92 Å². The minimum absolute atomic E-state index is 0.0393. The third kappa shape index (κ3) is 6.25. The molecule has 5 heteroatoms. The van der Waals surface area contributed by atoms with Gasteiger partial charge in [0.05, 0.1) is 5.69 Å². The van der Waals surface area contributed by atoms with E-state index in [1.807, 2.05) is 86.8 Å². The lowest BCUT2D eigenvalue weighted by Gasteiger charge is -2.24. The van der Waals surface area contributed by atoms with E-state index in [9.17, 15) is 4.79 Å². The molecule has 1 N–H and O–H groups in total. The number of carbonyl (C=O) groups is 1. The van der Waals surface area contributed by atoms with Crippen LogP contribution in [0.25, 0.3) is 0 Å². The van der Waals surface area contributed by atoms with Crippen LogP contribution >= 0.6 is 11.6 Å². The molecule has 0 spiro atoms. The summed E-state index contributed by atoms with van der Waals surface area (Å²) in [5.74, 6) is 1.58. The Morgan fingerprint density at radius 1 is 1.03 bits per heavy atom. The SMILES string of the molecule is CCC(CCN(C)C(=O)c1ccccc1)Nc1ccccc1Oc1ccc(Cl)cc1C. The average molecular weight is 437 g/mol. The summed E-state index contributed by atoms with van der Waals surface area (Å²) >= 11 is 6.06. The molecular weight excluding hydrogens is 408 g/mol. The molecule has 3 aromatic carbocycles. The molecule has 0 fully saturated rings. The van der Waals surface area contributed by atoms with Crippen molar-refractivity contribution in [3.8, 4) is 11.5 Å². The smallest absolute Gasteiger partial charge is 0.253 e. The summed E-state index contributed by atoms with van der Waals surface area (Å²) in [5.41, 5.74) is 2.62. The summed E-state index contributed by atoms with van der Waals surface area (Å²) in [4.78, 5) is 14.4. The summed E-state index contributed by atoms with van der Waals surface area (Å²) in [6.45, 7) is 4.79. The molecule has 3 rings (SSSR count). The van der Waals surface area contributed by atoms with Crippen molar-refractivity contribution in [2.24, 2.45) is 0 Å². The lowest BCUT2D eigenvalue weighted by molar-refractivity contribution is 0.0791. The zero-order valence-electron chi connectivity index (χ0n) is 18.3. The second-order valence-corrected chi connectivity index (χ2v) is 8.08. The van der Waals surface area contributed by atoms with Crippen molar-refractivity contribution in [1.82, 2.24) is 4.90 Å². The Labute approximate surface area is 189 Å². The zero-order valence-corrected chi connectivity index (χ0v) is 19.0. The number of para-hydroxylation sites is 2. The molecule has 0 aromatic heterocycles. The van der Waals surface area contributed by atoms with E-state index in [-0.39, 0.29) is 11.9 Å². The van der Waals surface area contributed by atoms with Crippen molar-refractivity contribution in [3.63, 3.8) is 0 Å². The Morgan fingerprint density at radius 2 is 1.74 bits per heavy atom. The normalized spacial score (nSPS) is 11.6. The number of benzene rings is 3. The van der Waals surface area contributed by atoms with Gasteiger partial charge < -0.3 is 15.0 Å². The van der Waals surface area contributed by atoms with E-state index in [1.54, 1.807) is 4.90 Å². The highest BCUT2D eigenvalue weighted by Crippen LogP contribution is 2.33. The van der Waals surface area contributed by atoms with Crippen LogP contribution < -0.4 is 10.1 Å². The molecular formula is C26H29ClN2O2. The molecule has 3 aromatic rings. The molecule has 31 heavy (non-hydrogen) atoms. The number of aryl methyl sites for hydroxylation is 1. The Hall–Kier alpha value is -2.98. The fourth-order valence-corrected chi connectivity index (χ4v) is 3.60. The number of nitrogens with one attached hydrogen (secondary N) is 1. The number of anilines is 1. The lowest BCUT2D eigenvalue weighted by atomic mass is 10.1. The second kappa shape index (κ2) is 10.9. The second-order valence-electron chi connectivity index (χ2n) is 7.64. The quantitative estimate of drug-likeness (QED) is 0.401. The molecule has 0 saturated carbocycles. The van der Waals surface area contributed by atoms with Crippen molar-refractivity contribution >= 4 is 23.2 Å². The number of nitrogens with zero attached hydrogens (tertiary/aromatic N) is 1. The Bertz CT molecular complexity index is 1010. The Morgan fingerprint density at radius 3 is 2.45 bits per heavy atom. The highest BCUT2D eigenvalue weighted by atomic mass is 35.5. The van der Waals surface area contributed by atoms with Gasteiger partial charge in [-0.25, -0.2) is 0 Å². The molecule has 0 aliphatic heterocycles. The first kappa shape index (κ1) is 22.7. The van der Waals surface area contributed by atoms with Gasteiger partial charge in [0.2, 0.25) is 0 Å². The fourth-order valence-electron chi connectivity index (χ4n) is 3.37. The van der Waals surface area contributed by atoms with E-state index in [0.717, 1.165) is 35.6 Å². The van der Waals surface area contributed by atoms with E-state index in [1.165, 1.54) is 0 Å². The van der Waals surface area contributed by atoms with E-state index in [4.69, 9.17) is 16.3 Å². The minimum atomic E-state index is 0.0393. The first-order chi connectivity index (χ1) is 15.0. The van der Waals surface area contributed by atoms with Crippen LogP contribution in [-0.2, 0) is 0 Å². The predicted octanol–water partition coefficient (Wildman–Crippen LogP) is 6.79. The maximum absolute atomic E-state index is 12.6. The highest BCUT2D eigenvalue weighted by molar-refractivity contribution is 6.30. The number of ether oxygens (including phenoxy) is 1. The van der Waals surface area contributed by atoms with Crippen molar-refractivity contribution < 1.29 is 9.53 Å². The van der Waals surface area contributed by atoms with Crippen LogP contribution in [-0.4, -0.2) is 30.4 Å². The largest absolute Gasteiger partial charge is 0.455 e. The van der Waals surface area contributed by atoms with Crippen LogP contribution in [0.1, 0.15) is 35.7 Å². The predicted molar refractivity (Wildman–Crippen MR) is 128 cm³/mol. The first-order valence-electron chi connectivity index (χ1n) is 10.6. The van der Waals surface area contributed by atoms with Crippen LogP contribution in [0.4, 0.5) is 5.69 Å². The minimum Gasteiger partial charge on any atom is -0.455 e. The van der Waals surface area contributed by atoms with Crippen molar-refractivity contribution in [2.75, 3.05) is 18.9 Å². The Balaban J connectivity index is 1.64. The van der Waals surface area contributed by atoms with Crippen molar-refractivity contribution in [3.05, 3.63) is 88.9 Å². The van der Waals surface area contributed by atoms with E-state index >= 15 is 0 Å². The van der Waals surface area contributed by atoms with Crippen LogP contribution in [0.2, 0.25) is 5.02 Å². The van der Waals surface area contributed by atoms with Gasteiger partial charge in [0, 0.05) is 30.2 Å². The molecule has 1 unspecified atom stereocenters. The van der Waals surface area contributed by atoms with E-state index < -0.39 is 0 Å². The van der Waals surface area contributed by atoms with Gasteiger partial charge in [0.25, 0.3) is 5.91 Å². The molecule has 0 bridgehead atoms. The van der Waals surface area contributed by atoms with Gasteiger partial charge in [-0.2, -0.15) is 0 Å². The van der Waals surface area contributed by atoms with Crippen LogP contribution in [0.5, 0.6) is 11.5 Å². The average Bonchev–Trinajstić information content (AvgIpc) is 2.79. The third-order valence-corrected chi connectivity index (χ3v) is 5.51. The monoisotopic (exact) mass is 436 g/mol.